The molecule has 2 aromatic heterocycles. The predicted octanol–water partition coefficient (Wildman–Crippen LogP) is 1.84. The first-order valence-corrected chi connectivity index (χ1v) is 5.04. The Balaban J connectivity index is 2.51. The molecule has 0 fully saturated rings. The van der Waals surface area contributed by atoms with E-state index in [-0.39, 0.29) is 5.78 Å². The Bertz CT molecular complexity index is 472. The van der Waals surface area contributed by atoms with Gasteiger partial charge in [0.05, 0.1) is 11.9 Å². The average Bonchev–Trinajstić information content (AvgIpc) is 2.70. The lowest BCUT2D eigenvalue weighted by Gasteiger charge is -1.98. The van der Waals surface area contributed by atoms with Crippen molar-refractivity contribution in [1.29, 1.82) is 0 Å². The summed E-state index contributed by atoms with van der Waals surface area (Å²) in [7, 11) is 0. The van der Waals surface area contributed by atoms with Crippen LogP contribution in [0.1, 0.15) is 23.1 Å². The van der Waals surface area contributed by atoms with Crippen LogP contribution in [0.4, 0.5) is 0 Å². The van der Waals surface area contributed by atoms with Crippen molar-refractivity contribution in [2.45, 2.75) is 13.8 Å². The molecule has 0 spiro atoms. The standard InChI is InChI=1S/C9H9N3OS/c1-6-5-14-9(11-6)12-8(7(2)13)3-4-10-12/h3-5H,1-2H3. The normalized spacial score (nSPS) is 10.4. The summed E-state index contributed by atoms with van der Waals surface area (Å²) in [5, 5.41) is 6.73. The van der Waals surface area contributed by atoms with E-state index in [1.165, 1.54) is 18.3 Å². The monoisotopic (exact) mass is 207 g/mol. The second kappa shape index (κ2) is 3.34. The zero-order valence-corrected chi connectivity index (χ0v) is 8.71. The van der Waals surface area contributed by atoms with Gasteiger partial charge in [-0.25, -0.2) is 9.67 Å². The summed E-state index contributed by atoms with van der Waals surface area (Å²) < 4.78 is 1.57. The third kappa shape index (κ3) is 1.46. The molecule has 0 radical (unpaired) electrons. The van der Waals surface area contributed by atoms with Gasteiger partial charge in [0.25, 0.3) is 0 Å². The van der Waals surface area contributed by atoms with Gasteiger partial charge in [0.2, 0.25) is 5.13 Å². The molecule has 0 aliphatic carbocycles. The lowest BCUT2D eigenvalue weighted by atomic mass is 10.3. The van der Waals surface area contributed by atoms with Crippen molar-refractivity contribution in [3.8, 4) is 5.13 Å². The fraction of sp³-hybridized carbons (Fsp3) is 0.222. The number of nitrogens with zero attached hydrogens (tertiary/aromatic N) is 3. The average molecular weight is 207 g/mol. The van der Waals surface area contributed by atoms with E-state index in [1.807, 2.05) is 12.3 Å². The second-order valence-corrected chi connectivity index (χ2v) is 3.79. The van der Waals surface area contributed by atoms with Crippen LogP contribution in [0.3, 0.4) is 0 Å². The maximum atomic E-state index is 11.2. The van der Waals surface area contributed by atoms with Gasteiger partial charge in [-0.3, -0.25) is 4.79 Å². The molecule has 5 heteroatoms. The highest BCUT2D eigenvalue weighted by molar-refractivity contribution is 7.12. The molecule has 0 bridgehead atoms. The number of carbonyl (C=O) groups is 1. The highest BCUT2D eigenvalue weighted by Crippen LogP contribution is 2.15. The fourth-order valence-corrected chi connectivity index (χ4v) is 1.93. The largest absolute Gasteiger partial charge is 0.293 e. The van der Waals surface area contributed by atoms with Gasteiger partial charge in [-0.1, -0.05) is 0 Å². The van der Waals surface area contributed by atoms with Crippen LogP contribution in [-0.2, 0) is 0 Å². The number of ketones is 1. The molecule has 0 unspecified atom stereocenters. The minimum absolute atomic E-state index is 0.00430. The van der Waals surface area contributed by atoms with Crippen LogP contribution in [0.25, 0.3) is 5.13 Å². The number of rotatable bonds is 2. The van der Waals surface area contributed by atoms with Crippen LogP contribution in [0, 0.1) is 6.92 Å². The van der Waals surface area contributed by atoms with Gasteiger partial charge in [0.1, 0.15) is 5.69 Å². The maximum absolute atomic E-state index is 11.2. The Morgan fingerprint density at radius 2 is 2.36 bits per heavy atom. The van der Waals surface area contributed by atoms with E-state index in [0.717, 1.165) is 10.8 Å². The minimum Gasteiger partial charge on any atom is -0.293 e. The van der Waals surface area contributed by atoms with Crippen LogP contribution < -0.4 is 0 Å². The number of hydrogen-bond acceptors (Lipinski definition) is 4. The maximum Gasteiger partial charge on any atom is 0.211 e. The molecule has 0 aromatic carbocycles. The molecule has 2 rings (SSSR count). The predicted molar refractivity (Wildman–Crippen MR) is 54.0 cm³/mol. The number of aryl methyl sites for hydroxylation is 1. The molecule has 4 nitrogen and oxygen atoms in total. The molecule has 0 aliphatic rings. The number of hydrogen-bond donors (Lipinski definition) is 0. The molecular formula is C9H9N3OS. The Morgan fingerprint density at radius 1 is 1.57 bits per heavy atom. The van der Waals surface area contributed by atoms with E-state index in [2.05, 4.69) is 10.1 Å². The molecule has 2 aromatic rings. The van der Waals surface area contributed by atoms with Crippen LogP contribution in [-0.4, -0.2) is 20.5 Å². The summed E-state index contributed by atoms with van der Waals surface area (Å²) in [6.45, 7) is 3.44. The van der Waals surface area contributed by atoms with Gasteiger partial charge in [0.15, 0.2) is 5.78 Å². The number of thiazole rings is 1. The van der Waals surface area contributed by atoms with Crippen molar-refractivity contribution in [2.75, 3.05) is 0 Å². The molecular weight excluding hydrogens is 198 g/mol. The van der Waals surface area contributed by atoms with Crippen molar-refractivity contribution >= 4 is 17.1 Å². The quantitative estimate of drug-likeness (QED) is 0.706. The van der Waals surface area contributed by atoms with E-state index in [1.54, 1.807) is 16.9 Å². The highest BCUT2D eigenvalue weighted by Gasteiger charge is 2.10. The van der Waals surface area contributed by atoms with E-state index in [0.29, 0.717) is 5.69 Å². The molecule has 0 saturated carbocycles. The van der Waals surface area contributed by atoms with Crippen molar-refractivity contribution in [3.05, 3.63) is 29.0 Å². The van der Waals surface area contributed by atoms with E-state index in [4.69, 9.17) is 0 Å². The Hall–Kier alpha value is -1.49. The second-order valence-electron chi connectivity index (χ2n) is 2.96. The first kappa shape index (κ1) is 9.08. The summed E-state index contributed by atoms with van der Waals surface area (Å²) in [4.78, 5) is 15.5. The molecule has 2 heterocycles. The van der Waals surface area contributed by atoms with E-state index in [9.17, 15) is 4.79 Å². The lowest BCUT2D eigenvalue weighted by molar-refractivity contribution is 0.101. The summed E-state index contributed by atoms with van der Waals surface area (Å²) in [6, 6.07) is 1.69. The third-order valence-corrected chi connectivity index (χ3v) is 2.73. The summed E-state index contributed by atoms with van der Waals surface area (Å²) in [6.07, 6.45) is 1.60. The van der Waals surface area contributed by atoms with Crippen molar-refractivity contribution < 1.29 is 4.79 Å². The molecule has 0 N–H and O–H groups in total. The van der Waals surface area contributed by atoms with Crippen LogP contribution >= 0.6 is 11.3 Å². The molecule has 14 heavy (non-hydrogen) atoms. The summed E-state index contributed by atoms with van der Waals surface area (Å²) in [5.74, 6) is -0.00430. The van der Waals surface area contributed by atoms with Crippen LogP contribution in [0.5, 0.6) is 0 Å². The summed E-state index contributed by atoms with van der Waals surface area (Å²) in [5.41, 5.74) is 1.51. The molecule has 0 amide bonds. The van der Waals surface area contributed by atoms with Crippen LogP contribution in [0.15, 0.2) is 17.6 Å². The topological polar surface area (TPSA) is 47.8 Å². The first-order chi connectivity index (χ1) is 6.68. The minimum atomic E-state index is -0.00430. The summed E-state index contributed by atoms with van der Waals surface area (Å²) >= 11 is 1.48. The van der Waals surface area contributed by atoms with Crippen molar-refractivity contribution in [3.63, 3.8) is 0 Å². The van der Waals surface area contributed by atoms with Crippen molar-refractivity contribution in [2.24, 2.45) is 0 Å². The zero-order chi connectivity index (χ0) is 10.1. The molecule has 0 saturated heterocycles. The molecule has 0 aliphatic heterocycles. The van der Waals surface area contributed by atoms with Gasteiger partial charge in [-0.2, -0.15) is 5.10 Å². The van der Waals surface area contributed by atoms with Gasteiger partial charge < -0.3 is 0 Å². The fourth-order valence-electron chi connectivity index (χ4n) is 1.16. The smallest absolute Gasteiger partial charge is 0.211 e. The van der Waals surface area contributed by atoms with Crippen molar-refractivity contribution in [1.82, 2.24) is 14.8 Å². The van der Waals surface area contributed by atoms with Gasteiger partial charge >= 0.3 is 0 Å². The molecule has 0 atom stereocenters. The first-order valence-electron chi connectivity index (χ1n) is 4.16. The van der Waals surface area contributed by atoms with Gasteiger partial charge in [0, 0.05) is 12.3 Å². The van der Waals surface area contributed by atoms with E-state index >= 15 is 0 Å². The number of Topliss-reactive ketones (excluding diaryl/α,β-unsaturated/α-hetero) is 1. The van der Waals surface area contributed by atoms with Gasteiger partial charge in [-0.15, -0.1) is 11.3 Å². The zero-order valence-electron chi connectivity index (χ0n) is 7.89. The SMILES string of the molecule is CC(=O)c1ccnn1-c1nc(C)cs1. The third-order valence-electron chi connectivity index (χ3n) is 1.79. The Labute approximate surface area is 85.2 Å². The van der Waals surface area contributed by atoms with E-state index < -0.39 is 0 Å². The Kier molecular flexibility index (Phi) is 2.17. The molecule has 72 valence electrons. The lowest BCUT2D eigenvalue weighted by Crippen LogP contribution is -2.05. The highest BCUT2D eigenvalue weighted by atomic mass is 32.1. The van der Waals surface area contributed by atoms with Crippen LogP contribution in [0.2, 0.25) is 0 Å². The number of carbonyl (C=O) groups excluding carboxylic acids is 1. The Morgan fingerprint density at radius 3 is 2.93 bits per heavy atom. The van der Waals surface area contributed by atoms with Gasteiger partial charge in [-0.05, 0) is 13.0 Å². The number of aromatic nitrogens is 3.